The van der Waals surface area contributed by atoms with Crippen LogP contribution in [0.5, 0.6) is 0 Å². The monoisotopic (exact) mass is 416 g/mol. The second-order valence-electron chi connectivity index (χ2n) is 6.66. The summed E-state index contributed by atoms with van der Waals surface area (Å²) < 4.78 is 0. The van der Waals surface area contributed by atoms with E-state index in [-0.39, 0.29) is 30.9 Å². The van der Waals surface area contributed by atoms with E-state index >= 15 is 0 Å². The SMILES string of the molecule is Cl.O=C(CNC(=O)NCc1ccc(Cl)cc1)NCCNC1CCCCCC1. The topological polar surface area (TPSA) is 82.3 Å². The molecule has 0 radical (unpaired) electrons. The van der Waals surface area contributed by atoms with Gasteiger partial charge in [0.15, 0.2) is 0 Å². The molecular weight excluding hydrogens is 387 g/mol. The van der Waals surface area contributed by atoms with Crippen LogP contribution in [0, 0.1) is 0 Å². The largest absolute Gasteiger partial charge is 0.353 e. The van der Waals surface area contributed by atoms with Gasteiger partial charge in [0.1, 0.15) is 0 Å². The van der Waals surface area contributed by atoms with E-state index < -0.39 is 0 Å². The molecule has 0 saturated heterocycles. The second kappa shape index (κ2) is 13.6. The van der Waals surface area contributed by atoms with E-state index in [1.807, 2.05) is 12.1 Å². The fourth-order valence-corrected chi connectivity index (χ4v) is 3.16. The Morgan fingerprint density at radius 2 is 1.59 bits per heavy atom. The maximum atomic E-state index is 11.8. The average molecular weight is 417 g/mol. The van der Waals surface area contributed by atoms with Crippen LogP contribution in [0.4, 0.5) is 4.79 Å². The molecule has 1 aliphatic carbocycles. The van der Waals surface area contributed by atoms with Crippen molar-refractivity contribution in [2.75, 3.05) is 19.6 Å². The first-order valence-electron chi connectivity index (χ1n) is 9.40. The molecular formula is C19H30Cl2N4O2. The predicted octanol–water partition coefficient (Wildman–Crippen LogP) is 2.99. The number of rotatable bonds is 8. The Balaban J connectivity index is 0.00000364. The van der Waals surface area contributed by atoms with Crippen molar-refractivity contribution in [3.8, 4) is 0 Å². The van der Waals surface area contributed by atoms with Gasteiger partial charge in [-0.2, -0.15) is 0 Å². The van der Waals surface area contributed by atoms with Crippen LogP contribution in [-0.4, -0.2) is 37.6 Å². The maximum Gasteiger partial charge on any atom is 0.315 e. The molecule has 0 aromatic heterocycles. The minimum Gasteiger partial charge on any atom is -0.353 e. The third kappa shape index (κ3) is 10.4. The third-order valence-corrected chi connectivity index (χ3v) is 4.76. The van der Waals surface area contributed by atoms with E-state index in [4.69, 9.17) is 11.6 Å². The highest BCUT2D eigenvalue weighted by Crippen LogP contribution is 2.16. The van der Waals surface area contributed by atoms with Gasteiger partial charge in [-0.1, -0.05) is 49.4 Å². The fraction of sp³-hybridized carbons (Fsp3) is 0.579. The van der Waals surface area contributed by atoms with Crippen molar-refractivity contribution in [3.63, 3.8) is 0 Å². The minimum absolute atomic E-state index is 0. The Labute approximate surface area is 172 Å². The van der Waals surface area contributed by atoms with Crippen molar-refractivity contribution in [1.82, 2.24) is 21.3 Å². The van der Waals surface area contributed by atoms with Crippen molar-refractivity contribution in [1.29, 1.82) is 0 Å². The molecule has 27 heavy (non-hydrogen) atoms. The molecule has 1 fully saturated rings. The molecule has 0 bridgehead atoms. The predicted molar refractivity (Wildman–Crippen MR) is 111 cm³/mol. The molecule has 6 nitrogen and oxygen atoms in total. The van der Waals surface area contributed by atoms with Crippen LogP contribution >= 0.6 is 24.0 Å². The Bertz CT molecular complexity index is 561. The number of benzene rings is 1. The Hall–Kier alpha value is -1.50. The highest BCUT2D eigenvalue weighted by molar-refractivity contribution is 6.30. The zero-order valence-electron chi connectivity index (χ0n) is 15.6. The molecule has 1 aromatic rings. The zero-order chi connectivity index (χ0) is 18.6. The van der Waals surface area contributed by atoms with E-state index in [9.17, 15) is 9.59 Å². The van der Waals surface area contributed by atoms with Gasteiger partial charge in [-0.3, -0.25) is 4.79 Å². The summed E-state index contributed by atoms with van der Waals surface area (Å²) in [6.07, 6.45) is 7.70. The van der Waals surface area contributed by atoms with E-state index in [1.165, 1.54) is 38.5 Å². The average Bonchev–Trinajstić information content (AvgIpc) is 2.92. The quantitative estimate of drug-likeness (QED) is 0.388. The highest BCUT2D eigenvalue weighted by atomic mass is 35.5. The molecule has 1 aromatic carbocycles. The van der Waals surface area contributed by atoms with Crippen LogP contribution < -0.4 is 21.3 Å². The lowest BCUT2D eigenvalue weighted by molar-refractivity contribution is -0.120. The summed E-state index contributed by atoms with van der Waals surface area (Å²) >= 11 is 5.81. The molecule has 2 rings (SSSR count). The molecule has 3 amide bonds. The molecule has 152 valence electrons. The van der Waals surface area contributed by atoms with Gasteiger partial charge in [0.05, 0.1) is 6.54 Å². The number of urea groups is 1. The summed E-state index contributed by atoms with van der Waals surface area (Å²) in [4.78, 5) is 23.5. The molecule has 1 saturated carbocycles. The van der Waals surface area contributed by atoms with Crippen LogP contribution in [0.1, 0.15) is 44.1 Å². The van der Waals surface area contributed by atoms with E-state index in [0.717, 1.165) is 12.1 Å². The smallest absolute Gasteiger partial charge is 0.315 e. The summed E-state index contributed by atoms with van der Waals surface area (Å²) in [6, 6.07) is 7.44. The minimum atomic E-state index is -0.369. The normalized spacial score (nSPS) is 14.6. The first-order valence-corrected chi connectivity index (χ1v) is 9.77. The van der Waals surface area contributed by atoms with Crippen LogP contribution in [0.2, 0.25) is 5.02 Å². The van der Waals surface area contributed by atoms with Gasteiger partial charge in [-0.15, -0.1) is 12.4 Å². The van der Waals surface area contributed by atoms with Gasteiger partial charge >= 0.3 is 6.03 Å². The van der Waals surface area contributed by atoms with E-state index in [1.54, 1.807) is 12.1 Å². The molecule has 0 heterocycles. The lowest BCUT2D eigenvalue weighted by Crippen LogP contribution is -2.43. The molecule has 0 spiro atoms. The number of carbonyl (C=O) groups is 2. The lowest BCUT2D eigenvalue weighted by atomic mass is 10.1. The van der Waals surface area contributed by atoms with Crippen molar-refractivity contribution in [2.45, 2.75) is 51.1 Å². The van der Waals surface area contributed by atoms with Gasteiger partial charge in [-0.25, -0.2) is 4.79 Å². The van der Waals surface area contributed by atoms with Crippen molar-refractivity contribution in [2.24, 2.45) is 0 Å². The number of hydrogen-bond acceptors (Lipinski definition) is 3. The summed E-state index contributed by atoms with van der Waals surface area (Å²) in [6.45, 7) is 1.69. The maximum absolute atomic E-state index is 11.8. The molecule has 0 aliphatic heterocycles. The van der Waals surface area contributed by atoms with Crippen molar-refractivity contribution >= 4 is 35.9 Å². The first-order chi connectivity index (χ1) is 12.6. The van der Waals surface area contributed by atoms with Gasteiger partial charge in [-0.05, 0) is 30.5 Å². The van der Waals surface area contributed by atoms with Crippen molar-refractivity contribution in [3.05, 3.63) is 34.9 Å². The highest BCUT2D eigenvalue weighted by Gasteiger charge is 2.11. The van der Waals surface area contributed by atoms with Crippen LogP contribution in [0.15, 0.2) is 24.3 Å². The molecule has 8 heteroatoms. The Morgan fingerprint density at radius 3 is 2.26 bits per heavy atom. The summed E-state index contributed by atoms with van der Waals surface area (Å²) in [7, 11) is 0. The summed E-state index contributed by atoms with van der Waals surface area (Å²) in [5.41, 5.74) is 0.943. The summed E-state index contributed by atoms with van der Waals surface area (Å²) in [5, 5.41) is 12.2. The van der Waals surface area contributed by atoms with Crippen molar-refractivity contribution < 1.29 is 9.59 Å². The van der Waals surface area contributed by atoms with E-state index in [0.29, 0.717) is 24.2 Å². The van der Waals surface area contributed by atoms with Gasteiger partial charge in [0.25, 0.3) is 0 Å². The number of halogens is 2. The third-order valence-electron chi connectivity index (χ3n) is 4.51. The van der Waals surface area contributed by atoms with E-state index in [2.05, 4.69) is 21.3 Å². The number of amides is 3. The standard InChI is InChI=1S/C19H29ClN4O2.ClH/c20-16-9-7-15(8-10-16)13-23-19(26)24-14-18(25)22-12-11-21-17-5-3-1-2-4-6-17;/h7-10,17,21H,1-6,11-14H2,(H,22,25)(H2,23,24,26);1H. The molecule has 1 aliphatic rings. The molecule has 0 atom stereocenters. The van der Waals surface area contributed by atoms with Gasteiger partial charge in [0.2, 0.25) is 5.91 Å². The molecule has 4 N–H and O–H groups in total. The number of carbonyl (C=O) groups excluding carboxylic acids is 2. The second-order valence-corrected chi connectivity index (χ2v) is 7.09. The zero-order valence-corrected chi connectivity index (χ0v) is 17.1. The Kier molecular flexibility index (Phi) is 11.9. The molecule has 0 unspecified atom stereocenters. The Morgan fingerprint density at radius 1 is 0.926 bits per heavy atom. The van der Waals surface area contributed by atoms with Crippen LogP contribution in [0.25, 0.3) is 0 Å². The fourth-order valence-electron chi connectivity index (χ4n) is 3.03. The first kappa shape index (κ1) is 23.5. The number of nitrogens with one attached hydrogen (secondary N) is 4. The lowest BCUT2D eigenvalue weighted by Gasteiger charge is -2.16. The van der Waals surface area contributed by atoms with Gasteiger partial charge in [0, 0.05) is 30.7 Å². The number of hydrogen-bond donors (Lipinski definition) is 4. The van der Waals surface area contributed by atoms with Gasteiger partial charge < -0.3 is 21.3 Å². The van der Waals surface area contributed by atoms with Crippen LogP contribution in [-0.2, 0) is 11.3 Å². The van der Waals surface area contributed by atoms with Crippen LogP contribution in [0.3, 0.4) is 0 Å². The summed E-state index contributed by atoms with van der Waals surface area (Å²) in [5.74, 6) is -0.186.